The van der Waals surface area contributed by atoms with Gasteiger partial charge in [0, 0.05) is 15.6 Å². The van der Waals surface area contributed by atoms with Gasteiger partial charge < -0.3 is 10.1 Å². The fraction of sp³-hybridized carbons (Fsp3) is 0.0870. The minimum Gasteiger partial charge on any atom is -0.489 e. The molecule has 8 heteroatoms. The molecule has 0 aliphatic heterocycles. The third kappa shape index (κ3) is 7.44. The van der Waals surface area contributed by atoms with Crippen molar-refractivity contribution in [1.29, 1.82) is 0 Å². The Morgan fingerprint density at radius 1 is 0.935 bits per heavy atom. The first-order valence-electron chi connectivity index (χ1n) is 9.32. The molecule has 0 aliphatic carbocycles. The Labute approximate surface area is 189 Å². The van der Waals surface area contributed by atoms with Crippen molar-refractivity contribution in [3.8, 4) is 5.75 Å². The van der Waals surface area contributed by atoms with Crippen LogP contribution < -0.4 is 15.5 Å². The first-order chi connectivity index (χ1) is 15.0. The number of hydrazone groups is 1. The Balaban J connectivity index is 1.45. The van der Waals surface area contributed by atoms with Gasteiger partial charge in [-0.1, -0.05) is 53.5 Å². The Bertz CT molecular complexity index is 1090. The predicted molar refractivity (Wildman–Crippen MR) is 122 cm³/mol. The fourth-order valence-corrected chi connectivity index (χ4v) is 2.86. The molecule has 2 N–H and O–H groups in total. The number of hydrogen-bond acceptors (Lipinski definition) is 4. The maximum Gasteiger partial charge on any atom is 0.259 e. The van der Waals surface area contributed by atoms with Crippen molar-refractivity contribution in [1.82, 2.24) is 10.7 Å². The summed E-state index contributed by atoms with van der Waals surface area (Å²) in [4.78, 5) is 23.9. The van der Waals surface area contributed by atoms with Gasteiger partial charge in [0.2, 0.25) is 0 Å². The van der Waals surface area contributed by atoms with Crippen molar-refractivity contribution in [2.45, 2.75) is 6.61 Å². The second kappa shape index (κ2) is 11.2. The molecule has 0 saturated carbocycles. The second-order valence-electron chi connectivity index (χ2n) is 6.47. The summed E-state index contributed by atoms with van der Waals surface area (Å²) < 4.78 is 5.77. The number of halogens is 2. The van der Waals surface area contributed by atoms with Gasteiger partial charge in [0.25, 0.3) is 11.8 Å². The van der Waals surface area contributed by atoms with Gasteiger partial charge in [0.05, 0.1) is 12.8 Å². The third-order valence-electron chi connectivity index (χ3n) is 4.08. The van der Waals surface area contributed by atoms with Crippen molar-refractivity contribution >= 4 is 41.2 Å². The Morgan fingerprint density at radius 2 is 1.71 bits per heavy atom. The number of nitrogens with zero attached hydrogens (tertiary/aromatic N) is 1. The van der Waals surface area contributed by atoms with Gasteiger partial charge >= 0.3 is 0 Å². The van der Waals surface area contributed by atoms with Crippen LogP contribution in [0, 0.1) is 0 Å². The lowest BCUT2D eigenvalue weighted by atomic mass is 10.2. The summed E-state index contributed by atoms with van der Waals surface area (Å²) in [5.74, 6) is -0.187. The quantitative estimate of drug-likeness (QED) is 0.388. The van der Waals surface area contributed by atoms with Crippen LogP contribution >= 0.6 is 23.2 Å². The van der Waals surface area contributed by atoms with Crippen molar-refractivity contribution in [2.75, 3.05) is 6.54 Å². The zero-order valence-electron chi connectivity index (χ0n) is 16.3. The molecular formula is C23H19Cl2N3O3. The monoisotopic (exact) mass is 455 g/mol. The van der Waals surface area contributed by atoms with Crippen LogP contribution in [-0.2, 0) is 11.4 Å². The van der Waals surface area contributed by atoms with Crippen LogP contribution in [0.15, 0.2) is 77.9 Å². The van der Waals surface area contributed by atoms with Gasteiger partial charge in [0.15, 0.2) is 0 Å². The van der Waals surface area contributed by atoms with Crippen LogP contribution in [0.5, 0.6) is 5.75 Å². The zero-order chi connectivity index (χ0) is 22.1. The molecule has 0 unspecified atom stereocenters. The third-order valence-corrected chi connectivity index (χ3v) is 4.56. The molecule has 0 aliphatic rings. The molecule has 2 amide bonds. The topological polar surface area (TPSA) is 79.8 Å². The molecule has 0 fully saturated rings. The summed E-state index contributed by atoms with van der Waals surface area (Å²) >= 11 is 11.7. The van der Waals surface area contributed by atoms with Crippen LogP contribution in [0.4, 0.5) is 0 Å². The summed E-state index contributed by atoms with van der Waals surface area (Å²) in [6.07, 6.45) is 1.49. The molecule has 6 nitrogen and oxygen atoms in total. The maximum absolute atomic E-state index is 12.0. The highest BCUT2D eigenvalue weighted by Crippen LogP contribution is 2.16. The SMILES string of the molecule is O=C(CNC(=O)c1cccc(Cl)c1)N/N=C/c1cccc(OCc2ccc(Cl)cc2)c1. The van der Waals surface area contributed by atoms with Crippen molar-refractivity contribution in [3.05, 3.63) is 99.5 Å². The zero-order valence-corrected chi connectivity index (χ0v) is 17.9. The summed E-state index contributed by atoms with van der Waals surface area (Å²) in [5.41, 5.74) is 4.49. The van der Waals surface area contributed by atoms with E-state index in [-0.39, 0.29) is 6.54 Å². The molecule has 0 spiro atoms. The average molecular weight is 456 g/mol. The van der Waals surface area contributed by atoms with Crippen LogP contribution in [0.25, 0.3) is 0 Å². The molecule has 158 valence electrons. The molecule has 31 heavy (non-hydrogen) atoms. The number of nitrogens with one attached hydrogen (secondary N) is 2. The van der Waals surface area contributed by atoms with Crippen LogP contribution in [0.2, 0.25) is 10.0 Å². The highest BCUT2D eigenvalue weighted by molar-refractivity contribution is 6.31. The number of hydrogen-bond donors (Lipinski definition) is 2. The summed E-state index contributed by atoms with van der Waals surface area (Å²) in [6.45, 7) is 0.188. The van der Waals surface area contributed by atoms with E-state index in [0.717, 1.165) is 11.1 Å². The van der Waals surface area contributed by atoms with Gasteiger partial charge in [-0.2, -0.15) is 5.10 Å². The molecule has 3 aromatic rings. The minimum atomic E-state index is -0.457. The van der Waals surface area contributed by atoms with Crippen molar-refractivity contribution in [3.63, 3.8) is 0 Å². The summed E-state index contributed by atoms with van der Waals surface area (Å²) in [7, 11) is 0. The molecule has 0 aromatic heterocycles. The molecule has 3 rings (SSSR count). The molecule has 0 atom stereocenters. The standard InChI is InChI=1S/C23H19Cl2N3O3/c24-19-9-7-16(8-10-19)15-31-21-6-1-3-17(11-21)13-27-28-22(29)14-26-23(30)18-4-2-5-20(25)12-18/h1-13H,14-15H2,(H,26,30)(H,28,29)/b27-13+. The van der Waals surface area contributed by atoms with E-state index in [1.807, 2.05) is 42.5 Å². The smallest absolute Gasteiger partial charge is 0.259 e. The van der Waals surface area contributed by atoms with Gasteiger partial charge in [-0.05, 0) is 53.6 Å². The lowest BCUT2D eigenvalue weighted by molar-refractivity contribution is -0.120. The number of carbonyl (C=O) groups excluding carboxylic acids is 2. The molecule has 0 radical (unpaired) electrons. The number of benzene rings is 3. The largest absolute Gasteiger partial charge is 0.489 e. The number of amides is 2. The average Bonchev–Trinajstić information content (AvgIpc) is 2.77. The summed E-state index contributed by atoms with van der Waals surface area (Å²) in [6, 6.07) is 21.1. The normalized spacial score (nSPS) is 10.6. The number of carbonyl (C=O) groups is 2. The molecule has 0 saturated heterocycles. The number of rotatable bonds is 8. The van der Waals surface area contributed by atoms with E-state index in [1.165, 1.54) is 12.3 Å². The van der Waals surface area contributed by atoms with Gasteiger partial charge in [-0.3, -0.25) is 9.59 Å². The first kappa shape index (κ1) is 22.3. The van der Waals surface area contributed by atoms with E-state index < -0.39 is 11.8 Å². The first-order valence-corrected chi connectivity index (χ1v) is 10.1. The fourth-order valence-electron chi connectivity index (χ4n) is 2.54. The van der Waals surface area contributed by atoms with Crippen molar-refractivity contribution in [2.24, 2.45) is 5.10 Å². The minimum absolute atomic E-state index is 0.215. The molecule has 0 heterocycles. The van der Waals surface area contributed by atoms with Crippen LogP contribution in [-0.4, -0.2) is 24.6 Å². The van der Waals surface area contributed by atoms with E-state index >= 15 is 0 Å². The van der Waals surface area contributed by atoms with Gasteiger partial charge in [-0.25, -0.2) is 5.43 Å². The lowest BCUT2D eigenvalue weighted by Gasteiger charge is -2.07. The van der Waals surface area contributed by atoms with Crippen molar-refractivity contribution < 1.29 is 14.3 Å². The van der Waals surface area contributed by atoms with E-state index in [0.29, 0.717) is 28.0 Å². The predicted octanol–water partition coefficient (Wildman–Crippen LogP) is 4.45. The maximum atomic E-state index is 12.0. The lowest BCUT2D eigenvalue weighted by Crippen LogP contribution is -2.34. The highest BCUT2D eigenvalue weighted by Gasteiger charge is 2.07. The Kier molecular flexibility index (Phi) is 8.04. The Hall–Kier alpha value is -3.35. The van der Waals surface area contributed by atoms with Crippen LogP contribution in [0.3, 0.4) is 0 Å². The van der Waals surface area contributed by atoms with Crippen LogP contribution in [0.1, 0.15) is 21.5 Å². The molecular weight excluding hydrogens is 437 g/mol. The second-order valence-corrected chi connectivity index (χ2v) is 7.35. The highest BCUT2D eigenvalue weighted by atomic mass is 35.5. The Morgan fingerprint density at radius 3 is 2.48 bits per heavy atom. The van der Waals surface area contributed by atoms with E-state index in [2.05, 4.69) is 15.8 Å². The van der Waals surface area contributed by atoms with E-state index in [1.54, 1.807) is 24.3 Å². The van der Waals surface area contributed by atoms with E-state index in [4.69, 9.17) is 27.9 Å². The number of ether oxygens (including phenoxy) is 1. The summed E-state index contributed by atoms with van der Waals surface area (Å²) in [5, 5.41) is 7.54. The molecule has 3 aromatic carbocycles. The molecule has 0 bridgehead atoms. The van der Waals surface area contributed by atoms with E-state index in [9.17, 15) is 9.59 Å². The van der Waals surface area contributed by atoms with Gasteiger partial charge in [0.1, 0.15) is 12.4 Å². The van der Waals surface area contributed by atoms with Gasteiger partial charge in [-0.15, -0.1) is 0 Å².